The second-order valence-corrected chi connectivity index (χ2v) is 4.53. The molecule has 0 heterocycles. The molecule has 3 N–H and O–H groups in total. The second-order valence-electron chi connectivity index (χ2n) is 4.53. The molecule has 1 aromatic carbocycles. The Labute approximate surface area is 109 Å². The Hall–Kier alpha value is -1.55. The van der Waals surface area contributed by atoms with Gasteiger partial charge in [0, 0.05) is 11.4 Å². The Morgan fingerprint density at radius 3 is 2.83 bits per heavy atom. The minimum Gasteiger partial charge on any atom is -0.398 e. The maximum atomic E-state index is 11.6. The highest BCUT2D eigenvalue weighted by atomic mass is 16.5. The van der Waals surface area contributed by atoms with E-state index in [1.165, 1.54) is 0 Å². The Morgan fingerprint density at radius 1 is 1.50 bits per heavy atom. The van der Waals surface area contributed by atoms with Crippen molar-refractivity contribution in [3.05, 3.63) is 23.8 Å². The largest absolute Gasteiger partial charge is 0.398 e. The lowest BCUT2D eigenvalue weighted by Gasteiger charge is -2.12. The third-order valence-electron chi connectivity index (χ3n) is 2.76. The van der Waals surface area contributed by atoms with Crippen LogP contribution in [0, 0.1) is 6.92 Å². The molecule has 0 aliphatic rings. The van der Waals surface area contributed by atoms with Crippen LogP contribution in [-0.4, -0.2) is 18.6 Å². The van der Waals surface area contributed by atoms with E-state index in [2.05, 4.69) is 12.2 Å². The van der Waals surface area contributed by atoms with Crippen molar-refractivity contribution in [2.75, 3.05) is 17.7 Å². The van der Waals surface area contributed by atoms with Gasteiger partial charge in [-0.1, -0.05) is 19.4 Å². The van der Waals surface area contributed by atoms with Crippen LogP contribution in [0.3, 0.4) is 0 Å². The normalized spacial score (nSPS) is 12.2. The van der Waals surface area contributed by atoms with Crippen LogP contribution in [0.15, 0.2) is 18.2 Å². The summed E-state index contributed by atoms with van der Waals surface area (Å²) in [4.78, 5) is 11.6. The summed E-state index contributed by atoms with van der Waals surface area (Å²) in [5.41, 5.74) is 8.15. The first-order valence-electron chi connectivity index (χ1n) is 6.30. The van der Waals surface area contributed by atoms with E-state index in [0.29, 0.717) is 11.4 Å². The van der Waals surface area contributed by atoms with Gasteiger partial charge in [-0.15, -0.1) is 0 Å². The van der Waals surface area contributed by atoms with Crippen molar-refractivity contribution in [1.29, 1.82) is 0 Å². The molecule has 1 aromatic rings. The third kappa shape index (κ3) is 4.75. The molecule has 1 unspecified atom stereocenters. The van der Waals surface area contributed by atoms with E-state index < -0.39 is 0 Å². The van der Waals surface area contributed by atoms with Crippen molar-refractivity contribution >= 4 is 17.3 Å². The topological polar surface area (TPSA) is 64.3 Å². The summed E-state index contributed by atoms with van der Waals surface area (Å²) < 4.78 is 5.43. The van der Waals surface area contributed by atoms with Gasteiger partial charge in [0.15, 0.2) is 0 Å². The van der Waals surface area contributed by atoms with Gasteiger partial charge >= 0.3 is 0 Å². The van der Waals surface area contributed by atoms with Crippen molar-refractivity contribution in [1.82, 2.24) is 0 Å². The Bertz CT molecular complexity index is 405. The number of hydrogen-bond acceptors (Lipinski definition) is 3. The lowest BCUT2D eigenvalue weighted by molar-refractivity contribution is -0.122. The van der Waals surface area contributed by atoms with Crippen LogP contribution in [0.5, 0.6) is 0 Å². The number of nitrogen functional groups attached to an aromatic ring is 1. The molecular weight excluding hydrogens is 228 g/mol. The summed E-state index contributed by atoms with van der Waals surface area (Å²) >= 11 is 0. The third-order valence-corrected chi connectivity index (χ3v) is 2.76. The summed E-state index contributed by atoms with van der Waals surface area (Å²) in [6.07, 6.45) is 2.13. The molecule has 18 heavy (non-hydrogen) atoms. The summed E-state index contributed by atoms with van der Waals surface area (Å²) in [7, 11) is 0. The molecule has 0 saturated heterocycles. The van der Waals surface area contributed by atoms with Gasteiger partial charge in [0.1, 0.15) is 6.61 Å². The maximum absolute atomic E-state index is 11.6. The van der Waals surface area contributed by atoms with Crippen LogP contribution < -0.4 is 11.1 Å². The number of carbonyl (C=O) groups is 1. The molecule has 0 fully saturated rings. The first-order valence-corrected chi connectivity index (χ1v) is 6.30. The fourth-order valence-electron chi connectivity index (χ4n) is 1.62. The number of aryl methyl sites for hydroxylation is 1. The summed E-state index contributed by atoms with van der Waals surface area (Å²) in [6, 6.07) is 5.47. The zero-order valence-electron chi connectivity index (χ0n) is 11.3. The second kappa shape index (κ2) is 7.01. The highest BCUT2D eigenvalue weighted by Gasteiger charge is 2.07. The minimum atomic E-state index is -0.152. The number of nitrogens with one attached hydrogen (secondary N) is 1. The van der Waals surface area contributed by atoms with Gasteiger partial charge in [0.05, 0.1) is 6.10 Å². The van der Waals surface area contributed by atoms with Crippen LogP contribution in [0.4, 0.5) is 11.4 Å². The fourth-order valence-corrected chi connectivity index (χ4v) is 1.62. The number of benzene rings is 1. The van der Waals surface area contributed by atoms with Gasteiger partial charge in [-0.05, 0) is 38.0 Å². The van der Waals surface area contributed by atoms with Gasteiger partial charge in [0.2, 0.25) is 5.91 Å². The SMILES string of the molecule is CCCC(C)OCC(=O)Nc1ccc(C)c(N)c1. The van der Waals surface area contributed by atoms with E-state index in [1.54, 1.807) is 6.07 Å². The van der Waals surface area contributed by atoms with Gasteiger partial charge in [-0.2, -0.15) is 0 Å². The molecule has 0 aliphatic carbocycles. The Balaban J connectivity index is 2.42. The molecule has 100 valence electrons. The van der Waals surface area contributed by atoms with Crippen LogP contribution >= 0.6 is 0 Å². The molecule has 0 aliphatic heterocycles. The van der Waals surface area contributed by atoms with Crippen molar-refractivity contribution in [2.45, 2.75) is 39.7 Å². The van der Waals surface area contributed by atoms with Crippen LogP contribution in [0.25, 0.3) is 0 Å². The molecule has 1 atom stereocenters. The summed E-state index contributed by atoms with van der Waals surface area (Å²) in [5.74, 6) is -0.152. The zero-order chi connectivity index (χ0) is 13.5. The zero-order valence-corrected chi connectivity index (χ0v) is 11.3. The van der Waals surface area contributed by atoms with Crippen molar-refractivity contribution in [3.63, 3.8) is 0 Å². The number of hydrogen-bond donors (Lipinski definition) is 2. The Morgan fingerprint density at radius 2 is 2.22 bits per heavy atom. The van der Waals surface area contributed by atoms with Crippen LogP contribution in [-0.2, 0) is 9.53 Å². The quantitative estimate of drug-likeness (QED) is 0.763. The predicted molar refractivity (Wildman–Crippen MR) is 74.5 cm³/mol. The molecule has 0 saturated carbocycles. The standard InChI is InChI=1S/C14H22N2O2/c1-4-5-11(3)18-9-14(17)16-12-7-6-10(2)13(15)8-12/h6-8,11H,4-5,9,15H2,1-3H3,(H,16,17). The maximum Gasteiger partial charge on any atom is 0.250 e. The van der Waals surface area contributed by atoms with Gasteiger partial charge < -0.3 is 15.8 Å². The first-order chi connectivity index (χ1) is 8.52. The van der Waals surface area contributed by atoms with E-state index in [1.807, 2.05) is 26.0 Å². The van der Waals surface area contributed by atoms with E-state index >= 15 is 0 Å². The number of carbonyl (C=O) groups excluding carboxylic acids is 1. The smallest absolute Gasteiger partial charge is 0.250 e. The number of anilines is 2. The monoisotopic (exact) mass is 250 g/mol. The van der Waals surface area contributed by atoms with Crippen molar-refractivity contribution < 1.29 is 9.53 Å². The van der Waals surface area contributed by atoms with Gasteiger partial charge in [0.25, 0.3) is 0 Å². The highest BCUT2D eigenvalue weighted by molar-refractivity contribution is 5.92. The van der Waals surface area contributed by atoms with E-state index in [9.17, 15) is 4.79 Å². The average Bonchev–Trinajstić information content (AvgIpc) is 2.32. The van der Waals surface area contributed by atoms with E-state index in [-0.39, 0.29) is 18.6 Å². The Kier molecular flexibility index (Phi) is 5.65. The van der Waals surface area contributed by atoms with Crippen molar-refractivity contribution in [3.8, 4) is 0 Å². The number of nitrogens with two attached hydrogens (primary N) is 1. The molecule has 0 radical (unpaired) electrons. The summed E-state index contributed by atoms with van der Waals surface area (Å²) in [6.45, 7) is 6.07. The predicted octanol–water partition coefficient (Wildman–Crippen LogP) is 2.72. The molecular formula is C14H22N2O2. The molecule has 0 aromatic heterocycles. The summed E-state index contributed by atoms with van der Waals surface area (Å²) in [5, 5.41) is 2.76. The molecule has 4 nitrogen and oxygen atoms in total. The minimum absolute atomic E-state index is 0.0783. The van der Waals surface area contributed by atoms with Crippen LogP contribution in [0.1, 0.15) is 32.3 Å². The van der Waals surface area contributed by atoms with Crippen LogP contribution in [0.2, 0.25) is 0 Å². The van der Waals surface area contributed by atoms with Gasteiger partial charge in [-0.3, -0.25) is 4.79 Å². The highest BCUT2D eigenvalue weighted by Crippen LogP contribution is 2.16. The lowest BCUT2D eigenvalue weighted by Crippen LogP contribution is -2.21. The fraction of sp³-hybridized carbons (Fsp3) is 0.500. The number of rotatable bonds is 6. The molecule has 1 amide bonds. The number of amides is 1. The lowest BCUT2D eigenvalue weighted by atomic mass is 10.2. The number of ether oxygens (including phenoxy) is 1. The molecule has 4 heteroatoms. The van der Waals surface area contributed by atoms with E-state index in [4.69, 9.17) is 10.5 Å². The molecule has 1 rings (SSSR count). The van der Waals surface area contributed by atoms with Gasteiger partial charge in [-0.25, -0.2) is 0 Å². The molecule has 0 spiro atoms. The van der Waals surface area contributed by atoms with E-state index in [0.717, 1.165) is 18.4 Å². The average molecular weight is 250 g/mol. The first kappa shape index (κ1) is 14.5. The van der Waals surface area contributed by atoms with Crippen molar-refractivity contribution in [2.24, 2.45) is 0 Å². The molecule has 0 bridgehead atoms.